The number of furan rings is 1. The maximum atomic E-state index is 10.3. The predicted octanol–water partition coefficient (Wildman–Crippen LogP) is 1.78. The summed E-state index contributed by atoms with van der Waals surface area (Å²) in [5, 5.41) is 16.8. The van der Waals surface area contributed by atoms with Crippen molar-refractivity contribution in [2.45, 2.75) is 6.92 Å². The molecule has 0 radical (unpaired) electrons. The standard InChI is InChI=1S/C11H10O5/c1-7-6-8(2-4-10(12)13)16-9(7)3-5-11(14)15/h2-6H,1H3,(H,12,13)(H,14,15). The van der Waals surface area contributed by atoms with Crippen molar-refractivity contribution in [1.29, 1.82) is 0 Å². The van der Waals surface area contributed by atoms with E-state index >= 15 is 0 Å². The zero-order valence-electron chi connectivity index (χ0n) is 8.51. The number of hydrogen-bond donors (Lipinski definition) is 2. The summed E-state index contributed by atoms with van der Waals surface area (Å²) in [4.78, 5) is 20.5. The highest BCUT2D eigenvalue weighted by atomic mass is 16.4. The van der Waals surface area contributed by atoms with Crippen LogP contribution in [0.4, 0.5) is 0 Å². The summed E-state index contributed by atoms with van der Waals surface area (Å²) in [6, 6.07) is 1.63. The van der Waals surface area contributed by atoms with E-state index in [1.54, 1.807) is 13.0 Å². The van der Waals surface area contributed by atoms with Gasteiger partial charge in [-0.1, -0.05) is 0 Å². The van der Waals surface area contributed by atoms with Crippen LogP contribution >= 0.6 is 0 Å². The molecule has 0 aliphatic rings. The molecule has 84 valence electrons. The summed E-state index contributed by atoms with van der Waals surface area (Å²) >= 11 is 0. The van der Waals surface area contributed by atoms with E-state index in [2.05, 4.69) is 0 Å². The van der Waals surface area contributed by atoms with Crippen LogP contribution < -0.4 is 0 Å². The van der Waals surface area contributed by atoms with Gasteiger partial charge in [0.05, 0.1) is 0 Å². The van der Waals surface area contributed by atoms with Gasteiger partial charge in [-0.15, -0.1) is 0 Å². The molecule has 0 spiro atoms. The quantitative estimate of drug-likeness (QED) is 0.758. The van der Waals surface area contributed by atoms with Gasteiger partial charge in [-0.25, -0.2) is 9.59 Å². The van der Waals surface area contributed by atoms with Gasteiger partial charge in [0.25, 0.3) is 0 Å². The fourth-order valence-corrected chi connectivity index (χ4v) is 1.07. The fourth-order valence-electron chi connectivity index (χ4n) is 1.07. The van der Waals surface area contributed by atoms with Gasteiger partial charge in [0.2, 0.25) is 0 Å². The highest BCUT2D eigenvalue weighted by molar-refractivity contribution is 5.86. The Morgan fingerprint density at radius 1 is 1.19 bits per heavy atom. The van der Waals surface area contributed by atoms with Gasteiger partial charge in [-0.05, 0) is 30.7 Å². The molecule has 16 heavy (non-hydrogen) atoms. The molecule has 0 saturated carbocycles. The molecule has 1 aromatic rings. The Bertz CT molecular complexity index is 465. The van der Waals surface area contributed by atoms with Crippen LogP contribution in [0.1, 0.15) is 17.1 Å². The van der Waals surface area contributed by atoms with Crippen molar-refractivity contribution in [3.63, 3.8) is 0 Å². The molecule has 0 aliphatic heterocycles. The molecular formula is C11H10O5. The van der Waals surface area contributed by atoms with Crippen molar-refractivity contribution in [3.05, 3.63) is 35.3 Å². The van der Waals surface area contributed by atoms with Gasteiger partial charge in [-0.2, -0.15) is 0 Å². The van der Waals surface area contributed by atoms with Gasteiger partial charge in [0, 0.05) is 12.2 Å². The van der Waals surface area contributed by atoms with E-state index < -0.39 is 11.9 Å². The highest BCUT2D eigenvalue weighted by Gasteiger charge is 2.03. The summed E-state index contributed by atoms with van der Waals surface area (Å²) in [5.41, 5.74) is 0.738. The van der Waals surface area contributed by atoms with Crippen molar-refractivity contribution in [2.75, 3.05) is 0 Å². The Morgan fingerprint density at radius 3 is 2.31 bits per heavy atom. The SMILES string of the molecule is Cc1cc(C=CC(=O)O)oc1C=CC(=O)O. The smallest absolute Gasteiger partial charge is 0.328 e. The fraction of sp³-hybridized carbons (Fsp3) is 0.0909. The van der Waals surface area contributed by atoms with Gasteiger partial charge < -0.3 is 14.6 Å². The average molecular weight is 222 g/mol. The molecule has 0 amide bonds. The molecule has 1 aromatic heterocycles. The van der Waals surface area contributed by atoms with E-state index in [1.165, 1.54) is 12.2 Å². The third-order valence-electron chi connectivity index (χ3n) is 1.74. The first-order chi connectivity index (χ1) is 7.49. The Morgan fingerprint density at radius 2 is 1.75 bits per heavy atom. The van der Waals surface area contributed by atoms with Crippen molar-refractivity contribution in [2.24, 2.45) is 0 Å². The van der Waals surface area contributed by atoms with Crippen molar-refractivity contribution < 1.29 is 24.2 Å². The molecule has 2 N–H and O–H groups in total. The molecule has 0 atom stereocenters. The Hall–Kier alpha value is -2.30. The normalized spacial score (nSPS) is 11.3. The largest absolute Gasteiger partial charge is 0.478 e. The molecule has 1 rings (SSSR count). The first-order valence-electron chi connectivity index (χ1n) is 4.41. The van der Waals surface area contributed by atoms with Crippen molar-refractivity contribution in [3.8, 4) is 0 Å². The van der Waals surface area contributed by atoms with Crippen LogP contribution in [0.25, 0.3) is 12.2 Å². The summed E-state index contributed by atoms with van der Waals surface area (Å²) in [6.07, 6.45) is 4.52. The van der Waals surface area contributed by atoms with E-state index in [0.29, 0.717) is 11.5 Å². The van der Waals surface area contributed by atoms with Crippen LogP contribution in [0.15, 0.2) is 22.6 Å². The van der Waals surface area contributed by atoms with E-state index in [0.717, 1.165) is 17.7 Å². The summed E-state index contributed by atoms with van der Waals surface area (Å²) in [6.45, 7) is 1.74. The highest BCUT2D eigenvalue weighted by Crippen LogP contribution is 2.17. The van der Waals surface area contributed by atoms with E-state index in [1.807, 2.05) is 0 Å². The Balaban J connectivity index is 2.90. The van der Waals surface area contributed by atoms with Crippen LogP contribution in [-0.2, 0) is 9.59 Å². The molecule has 5 heteroatoms. The van der Waals surface area contributed by atoms with Crippen LogP contribution in [0, 0.1) is 6.92 Å². The molecule has 5 nitrogen and oxygen atoms in total. The van der Waals surface area contributed by atoms with Crippen molar-refractivity contribution >= 4 is 24.1 Å². The molecule has 0 aliphatic carbocycles. The maximum absolute atomic E-state index is 10.3. The number of carboxylic acids is 2. The number of aliphatic carboxylic acids is 2. The minimum Gasteiger partial charge on any atom is -0.478 e. The number of carboxylic acid groups (broad SMARTS) is 2. The summed E-state index contributed by atoms with van der Waals surface area (Å²) in [7, 11) is 0. The maximum Gasteiger partial charge on any atom is 0.328 e. The zero-order chi connectivity index (χ0) is 12.1. The lowest BCUT2D eigenvalue weighted by Crippen LogP contribution is -1.85. The van der Waals surface area contributed by atoms with Crippen LogP contribution in [0.5, 0.6) is 0 Å². The third-order valence-corrected chi connectivity index (χ3v) is 1.74. The van der Waals surface area contributed by atoms with E-state index in [9.17, 15) is 9.59 Å². The Labute approximate surface area is 91.3 Å². The second kappa shape index (κ2) is 4.97. The minimum atomic E-state index is -1.07. The van der Waals surface area contributed by atoms with Crippen LogP contribution in [0.2, 0.25) is 0 Å². The first-order valence-corrected chi connectivity index (χ1v) is 4.41. The Kier molecular flexibility index (Phi) is 3.66. The molecule has 0 aromatic carbocycles. The van der Waals surface area contributed by atoms with E-state index in [4.69, 9.17) is 14.6 Å². The second-order valence-corrected chi connectivity index (χ2v) is 3.04. The number of rotatable bonds is 4. The lowest BCUT2D eigenvalue weighted by molar-refractivity contribution is -0.132. The van der Waals surface area contributed by atoms with Crippen LogP contribution in [-0.4, -0.2) is 22.2 Å². The van der Waals surface area contributed by atoms with Crippen molar-refractivity contribution in [1.82, 2.24) is 0 Å². The zero-order valence-corrected chi connectivity index (χ0v) is 8.51. The molecule has 0 saturated heterocycles. The van der Waals surface area contributed by atoms with E-state index in [-0.39, 0.29) is 0 Å². The number of aryl methyl sites for hydroxylation is 1. The summed E-state index contributed by atoms with van der Waals surface area (Å²) in [5.74, 6) is -1.38. The van der Waals surface area contributed by atoms with Gasteiger partial charge in [-0.3, -0.25) is 0 Å². The minimum absolute atomic E-state index is 0.366. The molecule has 0 unspecified atom stereocenters. The van der Waals surface area contributed by atoms with Crippen LogP contribution in [0.3, 0.4) is 0 Å². The number of hydrogen-bond acceptors (Lipinski definition) is 3. The average Bonchev–Trinajstić information content (AvgIpc) is 2.53. The monoisotopic (exact) mass is 222 g/mol. The molecule has 0 fully saturated rings. The molecular weight excluding hydrogens is 212 g/mol. The topological polar surface area (TPSA) is 87.7 Å². The lowest BCUT2D eigenvalue weighted by Gasteiger charge is -1.86. The second-order valence-electron chi connectivity index (χ2n) is 3.04. The number of carbonyl (C=O) groups is 2. The third kappa shape index (κ3) is 3.45. The molecule has 0 bridgehead atoms. The van der Waals surface area contributed by atoms with Gasteiger partial charge in [0.15, 0.2) is 0 Å². The first kappa shape index (κ1) is 11.8. The summed E-state index contributed by atoms with van der Waals surface area (Å²) < 4.78 is 5.21. The predicted molar refractivity (Wildman–Crippen MR) is 56.8 cm³/mol. The lowest BCUT2D eigenvalue weighted by atomic mass is 10.2. The van der Waals surface area contributed by atoms with Gasteiger partial charge >= 0.3 is 11.9 Å². The van der Waals surface area contributed by atoms with Gasteiger partial charge in [0.1, 0.15) is 11.5 Å². The molecule has 1 heterocycles.